The molecular formula is C16H20F2N4O. The van der Waals surface area contributed by atoms with Crippen LogP contribution in [0.3, 0.4) is 0 Å². The number of piperidine rings is 1. The van der Waals surface area contributed by atoms with Crippen LogP contribution in [0.2, 0.25) is 0 Å². The van der Waals surface area contributed by atoms with Gasteiger partial charge in [-0.25, -0.2) is 13.8 Å². The Balaban J connectivity index is 1.56. The SMILES string of the molecule is O=C(C1CC1)N1CCC(F)(F)[C@@]2(CCN(c3cnccn3)C2)C1. The standard InChI is InChI=1S/C16H20F2N4O/c17-16(18)4-8-22(14(23)12-1-2-12)11-15(16)3-7-21(10-15)13-9-19-5-6-20-13/h5-6,9,12H,1-4,7-8,10-11H2/t15-/m1/s1. The minimum atomic E-state index is -2.75. The van der Waals surface area contributed by atoms with E-state index in [0.29, 0.717) is 18.8 Å². The third kappa shape index (κ3) is 2.46. The van der Waals surface area contributed by atoms with Gasteiger partial charge in [0.25, 0.3) is 5.92 Å². The van der Waals surface area contributed by atoms with Gasteiger partial charge >= 0.3 is 0 Å². The third-order valence-corrected chi connectivity index (χ3v) is 5.43. The molecule has 1 aromatic rings. The molecule has 0 bridgehead atoms. The van der Waals surface area contributed by atoms with Crippen molar-refractivity contribution in [3.8, 4) is 0 Å². The lowest BCUT2D eigenvalue weighted by atomic mass is 9.75. The van der Waals surface area contributed by atoms with Gasteiger partial charge < -0.3 is 9.80 Å². The Morgan fingerprint density at radius 2 is 2.00 bits per heavy atom. The number of hydrogen-bond donors (Lipinski definition) is 0. The molecule has 0 unspecified atom stereocenters. The Morgan fingerprint density at radius 3 is 2.70 bits per heavy atom. The number of nitrogens with zero attached hydrogens (tertiary/aromatic N) is 4. The summed E-state index contributed by atoms with van der Waals surface area (Å²) in [6, 6.07) is 0. The van der Waals surface area contributed by atoms with E-state index in [1.165, 1.54) is 0 Å². The van der Waals surface area contributed by atoms with Crippen LogP contribution in [0.15, 0.2) is 18.6 Å². The smallest absolute Gasteiger partial charge is 0.258 e. The summed E-state index contributed by atoms with van der Waals surface area (Å²) < 4.78 is 29.4. The summed E-state index contributed by atoms with van der Waals surface area (Å²) in [7, 11) is 0. The first-order valence-corrected chi connectivity index (χ1v) is 8.18. The molecule has 3 fully saturated rings. The van der Waals surface area contributed by atoms with E-state index in [0.717, 1.165) is 12.8 Å². The highest BCUT2D eigenvalue weighted by Gasteiger charge is 2.60. The molecule has 0 radical (unpaired) electrons. The highest BCUT2D eigenvalue weighted by Crippen LogP contribution is 2.50. The fourth-order valence-electron chi connectivity index (χ4n) is 3.83. The Morgan fingerprint density at radius 1 is 1.17 bits per heavy atom. The van der Waals surface area contributed by atoms with Crippen LogP contribution in [-0.2, 0) is 4.79 Å². The first-order chi connectivity index (χ1) is 11.0. The summed E-state index contributed by atoms with van der Waals surface area (Å²) in [5.41, 5.74) is -1.16. The monoisotopic (exact) mass is 322 g/mol. The number of carbonyl (C=O) groups is 1. The largest absolute Gasteiger partial charge is 0.354 e. The van der Waals surface area contributed by atoms with Gasteiger partial charge in [-0.3, -0.25) is 9.78 Å². The lowest BCUT2D eigenvalue weighted by molar-refractivity contribution is -0.169. The second-order valence-corrected chi connectivity index (χ2v) is 7.00. The van der Waals surface area contributed by atoms with E-state index in [4.69, 9.17) is 0 Å². The minimum Gasteiger partial charge on any atom is -0.354 e. The zero-order valence-corrected chi connectivity index (χ0v) is 12.9. The first-order valence-electron chi connectivity index (χ1n) is 8.18. The van der Waals surface area contributed by atoms with Gasteiger partial charge in [-0.05, 0) is 19.3 Å². The van der Waals surface area contributed by atoms with Crippen molar-refractivity contribution in [1.82, 2.24) is 14.9 Å². The highest BCUT2D eigenvalue weighted by atomic mass is 19.3. The Hall–Kier alpha value is -1.79. The zero-order chi connectivity index (χ0) is 16.1. The number of anilines is 1. The topological polar surface area (TPSA) is 49.3 Å². The van der Waals surface area contributed by atoms with Crippen LogP contribution in [0.5, 0.6) is 0 Å². The number of carbonyl (C=O) groups excluding carboxylic acids is 1. The van der Waals surface area contributed by atoms with E-state index in [1.54, 1.807) is 23.5 Å². The molecule has 0 aromatic carbocycles. The van der Waals surface area contributed by atoms with Crippen molar-refractivity contribution in [2.75, 3.05) is 31.1 Å². The van der Waals surface area contributed by atoms with Crippen molar-refractivity contribution in [3.63, 3.8) is 0 Å². The Labute approximate surface area is 133 Å². The molecule has 3 aliphatic rings. The number of aromatic nitrogens is 2. The molecule has 124 valence electrons. The van der Waals surface area contributed by atoms with Crippen LogP contribution in [0.1, 0.15) is 25.7 Å². The van der Waals surface area contributed by atoms with Gasteiger partial charge in [0.05, 0.1) is 11.6 Å². The number of rotatable bonds is 2. The van der Waals surface area contributed by atoms with Crippen LogP contribution in [0.4, 0.5) is 14.6 Å². The predicted octanol–water partition coefficient (Wildman–Crippen LogP) is 1.95. The van der Waals surface area contributed by atoms with E-state index in [-0.39, 0.29) is 37.9 Å². The van der Waals surface area contributed by atoms with Gasteiger partial charge in [-0.1, -0.05) is 0 Å². The molecule has 7 heteroatoms. The molecule has 23 heavy (non-hydrogen) atoms. The number of hydrogen-bond acceptors (Lipinski definition) is 4. The van der Waals surface area contributed by atoms with Gasteiger partial charge in [0, 0.05) is 50.9 Å². The fourth-order valence-corrected chi connectivity index (χ4v) is 3.83. The fraction of sp³-hybridized carbons (Fsp3) is 0.688. The van der Waals surface area contributed by atoms with Crippen LogP contribution < -0.4 is 4.90 Å². The average molecular weight is 322 g/mol. The quantitative estimate of drug-likeness (QED) is 0.835. The maximum atomic E-state index is 14.7. The van der Waals surface area contributed by atoms with Crippen molar-refractivity contribution >= 4 is 11.7 Å². The van der Waals surface area contributed by atoms with Crippen molar-refractivity contribution < 1.29 is 13.6 Å². The molecule has 2 saturated heterocycles. The van der Waals surface area contributed by atoms with E-state index in [9.17, 15) is 13.6 Å². The third-order valence-electron chi connectivity index (χ3n) is 5.43. The van der Waals surface area contributed by atoms with Crippen LogP contribution in [-0.4, -0.2) is 52.9 Å². The normalized spacial score (nSPS) is 30.0. The van der Waals surface area contributed by atoms with Crippen molar-refractivity contribution in [2.45, 2.75) is 31.6 Å². The summed E-state index contributed by atoms with van der Waals surface area (Å²) in [5.74, 6) is -1.97. The molecule has 3 heterocycles. The minimum absolute atomic E-state index is 0.0674. The molecule has 1 spiro atoms. The van der Waals surface area contributed by atoms with E-state index >= 15 is 0 Å². The average Bonchev–Trinajstić information content (AvgIpc) is 3.31. The van der Waals surface area contributed by atoms with E-state index in [2.05, 4.69) is 9.97 Å². The maximum absolute atomic E-state index is 14.7. The van der Waals surface area contributed by atoms with E-state index in [1.807, 2.05) is 4.90 Å². The number of alkyl halides is 2. The lowest BCUT2D eigenvalue weighted by Gasteiger charge is -2.46. The second kappa shape index (κ2) is 5.11. The summed E-state index contributed by atoms with van der Waals surface area (Å²) >= 11 is 0. The number of likely N-dealkylation sites (tertiary alicyclic amines) is 1. The van der Waals surface area contributed by atoms with Crippen LogP contribution in [0, 0.1) is 11.3 Å². The van der Waals surface area contributed by atoms with Gasteiger partial charge in [0.15, 0.2) is 0 Å². The molecule has 1 atom stereocenters. The molecule has 1 amide bonds. The van der Waals surface area contributed by atoms with Crippen LogP contribution >= 0.6 is 0 Å². The maximum Gasteiger partial charge on any atom is 0.258 e. The molecule has 4 rings (SSSR count). The summed E-state index contributed by atoms with van der Waals surface area (Å²) in [4.78, 5) is 24.1. The first kappa shape index (κ1) is 14.8. The lowest BCUT2D eigenvalue weighted by Crippen LogP contribution is -2.58. The van der Waals surface area contributed by atoms with Crippen LogP contribution in [0.25, 0.3) is 0 Å². The molecule has 1 aromatic heterocycles. The van der Waals surface area contributed by atoms with Gasteiger partial charge in [0.1, 0.15) is 5.82 Å². The molecular weight excluding hydrogens is 302 g/mol. The summed E-state index contributed by atoms with van der Waals surface area (Å²) in [5, 5.41) is 0. The summed E-state index contributed by atoms with van der Waals surface area (Å²) in [6.07, 6.45) is 6.70. The van der Waals surface area contributed by atoms with Gasteiger partial charge in [-0.2, -0.15) is 0 Å². The molecule has 5 nitrogen and oxygen atoms in total. The van der Waals surface area contributed by atoms with Gasteiger partial charge in [0.2, 0.25) is 5.91 Å². The van der Waals surface area contributed by atoms with Crippen molar-refractivity contribution in [1.29, 1.82) is 0 Å². The molecule has 1 aliphatic carbocycles. The molecule has 1 saturated carbocycles. The predicted molar refractivity (Wildman–Crippen MR) is 80.2 cm³/mol. The summed E-state index contributed by atoms with van der Waals surface area (Å²) in [6.45, 7) is 1.09. The molecule has 0 N–H and O–H groups in total. The zero-order valence-electron chi connectivity index (χ0n) is 12.9. The molecule has 2 aliphatic heterocycles. The second-order valence-electron chi connectivity index (χ2n) is 7.00. The Bertz CT molecular complexity index is 607. The Kier molecular flexibility index (Phi) is 3.28. The number of halogens is 2. The van der Waals surface area contributed by atoms with Crippen molar-refractivity contribution in [2.24, 2.45) is 11.3 Å². The highest BCUT2D eigenvalue weighted by molar-refractivity contribution is 5.81. The number of amides is 1. The van der Waals surface area contributed by atoms with E-state index < -0.39 is 11.3 Å². The van der Waals surface area contributed by atoms with Crippen molar-refractivity contribution in [3.05, 3.63) is 18.6 Å². The van der Waals surface area contributed by atoms with Gasteiger partial charge in [-0.15, -0.1) is 0 Å².